The van der Waals surface area contributed by atoms with Crippen LogP contribution in [0.1, 0.15) is 32.1 Å². The highest BCUT2D eigenvalue weighted by Gasteiger charge is 2.04. The SMILES string of the molecule is C=CC(=O)OCCOC(=O)CCCCCOCC(=O)CCCl. The Hall–Kier alpha value is -1.40. The molecule has 0 aromatic rings. The van der Waals surface area contributed by atoms with Gasteiger partial charge in [0.2, 0.25) is 0 Å². The smallest absolute Gasteiger partial charge is 0.330 e. The minimum absolute atomic E-state index is 0.00395. The van der Waals surface area contributed by atoms with E-state index in [2.05, 4.69) is 11.3 Å². The average Bonchev–Trinajstić information content (AvgIpc) is 2.50. The number of unbranched alkanes of at least 4 members (excludes halogenated alkanes) is 2. The van der Waals surface area contributed by atoms with Gasteiger partial charge in [-0.3, -0.25) is 9.59 Å². The van der Waals surface area contributed by atoms with E-state index in [4.69, 9.17) is 21.1 Å². The third kappa shape index (κ3) is 13.6. The van der Waals surface area contributed by atoms with Gasteiger partial charge in [-0.05, 0) is 12.8 Å². The van der Waals surface area contributed by atoms with E-state index >= 15 is 0 Å². The molecule has 0 saturated carbocycles. The Bertz CT molecular complexity index is 356. The standard InChI is InChI=1S/C15H23ClO6/c1-2-14(18)21-10-11-22-15(19)6-4-3-5-9-20-12-13(17)7-8-16/h2H,1,3-12H2. The molecular formula is C15H23ClO6. The van der Waals surface area contributed by atoms with Crippen LogP contribution in [0.2, 0.25) is 0 Å². The van der Waals surface area contributed by atoms with Crippen LogP contribution in [0.25, 0.3) is 0 Å². The minimum atomic E-state index is -0.541. The van der Waals surface area contributed by atoms with Gasteiger partial charge in [0, 0.05) is 31.4 Å². The molecule has 6 nitrogen and oxygen atoms in total. The molecule has 0 rings (SSSR count). The van der Waals surface area contributed by atoms with Gasteiger partial charge >= 0.3 is 11.9 Å². The van der Waals surface area contributed by atoms with E-state index in [0.29, 0.717) is 31.7 Å². The minimum Gasteiger partial charge on any atom is -0.462 e. The summed E-state index contributed by atoms with van der Waals surface area (Å²) in [5, 5.41) is 0. The molecular weight excluding hydrogens is 312 g/mol. The molecule has 0 fully saturated rings. The monoisotopic (exact) mass is 334 g/mol. The molecule has 0 aromatic carbocycles. The normalized spacial score (nSPS) is 10.0. The van der Waals surface area contributed by atoms with Crippen molar-refractivity contribution in [2.24, 2.45) is 0 Å². The summed E-state index contributed by atoms with van der Waals surface area (Å²) in [6.45, 7) is 3.90. The summed E-state index contributed by atoms with van der Waals surface area (Å²) < 4.78 is 14.7. The maximum atomic E-state index is 11.3. The number of hydrogen-bond donors (Lipinski definition) is 0. The van der Waals surface area contributed by atoms with Gasteiger partial charge in [-0.1, -0.05) is 13.0 Å². The van der Waals surface area contributed by atoms with E-state index in [0.717, 1.165) is 18.9 Å². The van der Waals surface area contributed by atoms with Crippen molar-refractivity contribution in [2.45, 2.75) is 32.1 Å². The first-order valence-electron chi connectivity index (χ1n) is 7.20. The Morgan fingerprint density at radius 2 is 1.68 bits per heavy atom. The average molecular weight is 335 g/mol. The first kappa shape index (κ1) is 20.6. The fourth-order valence-electron chi connectivity index (χ4n) is 1.44. The van der Waals surface area contributed by atoms with E-state index in [1.54, 1.807) is 0 Å². The summed E-state index contributed by atoms with van der Waals surface area (Å²) >= 11 is 5.43. The highest BCUT2D eigenvalue weighted by molar-refractivity contribution is 6.19. The van der Waals surface area contributed by atoms with Crippen molar-refractivity contribution < 1.29 is 28.6 Å². The quantitative estimate of drug-likeness (QED) is 0.209. The van der Waals surface area contributed by atoms with Crippen LogP contribution < -0.4 is 0 Å². The fourth-order valence-corrected chi connectivity index (χ4v) is 1.65. The molecule has 0 saturated heterocycles. The number of ether oxygens (including phenoxy) is 3. The summed E-state index contributed by atoms with van der Waals surface area (Å²) in [4.78, 5) is 33.1. The second-order valence-corrected chi connectivity index (χ2v) is 4.81. The van der Waals surface area contributed by atoms with Gasteiger partial charge in [-0.2, -0.15) is 0 Å². The summed E-state index contributed by atoms with van der Waals surface area (Å²) in [6.07, 6.45) is 3.95. The van der Waals surface area contributed by atoms with E-state index in [9.17, 15) is 14.4 Å². The molecule has 0 bridgehead atoms. The summed E-state index contributed by atoms with van der Waals surface area (Å²) in [5.41, 5.74) is 0. The van der Waals surface area contributed by atoms with Crippen LogP contribution >= 0.6 is 11.6 Å². The molecule has 22 heavy (non-hydrogen) atoms. The fraction of sp³-hybridized carbons (Fsp3) is 0.667. The summed E-state index contributed by atoms with van der Waals surface area (Å²) in [7, 11) is 0. The van der Waals surface area contributed by atoms with Crippen molar-refractivity contribution in [1.82, 2.24) is 0 Å². The Morgan fingerprint density at radius 1 is 0.955 bits per heavy atom. The van der Waals surface area contributed by atoms with E-state index in [1.807, 2.05) is 0 Å². The second kappa shape index (κ2) is 14.5. The second-order valence-electron chi connectivity index (χ2n) is 4.43. The predicted octanol–water partition coefficient (Wildman–Crippen LogP) is 2.03. The molecule has 0 unspecified atom stereocenters. The predicted molar refractivity (Wildman–Crippen MR) is 81.7 cm³/mol. The maximum Gasteiger partial charge on any atom is 0.330 e. The molecule has 0 aliphatic carbocycles. The van der Waals surface area contributed by atoms with Gasteiger partial charge in [-0.25, -0.2) is 4.79 Å². The zero-order chi connectivity index (χ0) is 16.6. The number of Topliss-reactive ketones (excluding diaryl/α,β-unsaturated/α-hetero) is 1. The number of hydrogen-bond acceptors (Lipinski definition) is 6. The summed E-state index contributed by atoms with van der Waals surface area (Å²) in [6, 6.07) is 0. The van der Waals surface area contributed by atoms with Crippen LogP contribution in [0.15, 0.2) is 12.7 Å². The van der Waals surface area contributed by atoms with Gasteiger partial charge in [0.05, 0.1) is 0 Å². The molecule has 0 heterocycles. The zero-order valence-electron chi connectivity index (χ0n) is 12.7. The first-order chi connectivity index (χ1) is 10.6. The number of carbonyl (C=O) groups is 3. The molecule has 0 aromatic heterocycles. The molecule has 0 aliphatic rings. The number of rotatable bonds is 14. The lowest BCUT2D eigenvalue weighted by Crippen LogP contribution is -2.12. The van der Waals surface area contributed by atoms with Gasteiger partial charge in [0.1, 0.15) is 19.8 Å². The van der Waals surface area contributed by atoms with Crippen molar-refractivity contribution in [3.05, 3.63) is 12.7 Å². The number of alkyl halides is 1. The number of esters is 2. The molecule has 0 spiro atoms. The highest BCUT2D eigenvalue weighted by Crippen LogP contribution is 2.02. The Kier molecular flexibility index (Phi) is 13.6. The van der Waals surface area contributed by atoms with Gasteiger partial charge in [-0.15, -0.1) is 11.6 Å². The van der Waals surface area contributed by atoms with Crippen LogP contribution in [0.5, 0.6) is 0 Å². The molecule has 0 N–H and O–H groups in total. The van der Waals surface area contributed by atoms with Crippen molar-refractivity contribution in [2.75, 3.05) is 32.3 Å². The number of carbonyl (C=O) groups excluding carboxylic acids is 3. The maximum absolute atomic E-state index is 11.3. The topological polar surface area (TPSA) is 78.9 Å². The number of ketones is 1. The van der Waals surface area contributed by atoms with Crippen LogP contribution in [-0.4, -0.2) is 50.0 Å². The molecule has 0 radical (unpaired) electrons. The van der Waals surface area contributed by atoms with Gasteiger partial charge in [0.15, 0.2) is 5.78 Å². The van der Waals surface area contributed by atoms with Gasteiger partial charge in [0.25, 0.3) is 0 Å². The number of halogens is 1. The molecule has 0 atom stereocenters. The van der Waals surface area contributed by atoms with Gasteiger partial charge < -0.3 is 14.2 Å². The molecule has 7 heteroatoms. The Labute approximate surface area is 135 Å². The lowest BCUT2D eigenvalue weighted by molar-refractivity contribution is -0.149. The third-order valence-electron chi connectivity index (χ3n) is 2.56. The Morgan fingerprint density at radius 3 is 2.36 bits per heavy atom. The van der Waals surface area contributed by atoms with Crippen molar-refractivity contribution in [3.8, 4) is 0 Å². The summed E-state index contributed by atoms with van der Waals surface area (Å²) in [5.74, 6) is -0.555. The third-order valence-corrected chi connectivity index (χ3v) is 2.75. The van der Waals surface area contributed by atoms with Crippen LogP contribution in [0.3, 0.4) is 0 Å². The Balaban J connectivity index is 3.33. The lowest BCUT2D eigenvalue weighted by atomic mass is 10.2. The van der Waals surface area contributed by atoms with E-state index < -0.39 is 5.97 Å². The molecule has 0 amide bonds. The van der Waals surface area contributed by atoms with E-state index in [1.165, 1.54) is 0 Å². The zero-order valence-corrected chi connectivity index (χ0v) is 13.4. The molecule has 0 aliphatic heterocycles. The van der Waals surface area contributed by atoms with Crippen molar-refractivity contribution >= 4 is 29.3 Å². The van der Waals surface area contributed by atoms with Crippen LogP contribution in [0, 0.1) is 0 Å². The van der Waals surface area contributed by atoms with Crippen LogP contribution in [0.4, 0.5) is 0 Å². The highest BCUT2D eigenvalue weighted by atomic mass is 35.5. The lowest BCUT2D eigenvalue weighted by Gasteiger charge is -2.05. The van der Waals surface area contributed by atoms with Crippen LogP contribution in [-0.2, 0) is 28.6 Å². The van der Waals surface area contributed by atoms with Crippen molar-refractivity contribution in [1.29, 1.82) is 0 Å². The molecule has 126 valence electrons. The first-order valence-corrected chi connectivity index (χ1v) is 7.73. The van der Waals surface area contributed by atoms with Crippen molar-refractivity contribution in [3.63, 3.8) is 0 Å². The largest absolute Gasteiger partial charge is 0.462 e. The van der Waals surface area contributed by atoms with E-state index in [-0.39, 0.29) is 31.6 Å².